The van der Waals surface area contributed by atoms with Gasteiger partial charge in [-0.3, -0.25) is 4.79 Å². The highest BCUT2D eigenvalue weighted by Gasteiger charge is 2.22. The molecule has 0 spiro atoms. The Kier molecular flexibility index (Phi) is 5.47. The van der Waals surface area contributed by atoms with Gasteiger partial charge in [0.15, 0.2) is 0 Å². The molecule has 0 unspecified atom stereocenters. The topological polar surface area (TPSA) is 80.5 Å². The summed E-state index contributed by atoms with van der Waals surface area (Å²) in [4.78, 5) is 12.3. The molecule has 5 nitrogen and oxygen atoms in total. The normalized spacial score (nSPS) is 11.8. The predicted molar refractivity (Wildman–Crippen MR) is 73.5 cm³/mol. The molecule has 1 aromatic carbocycles. The van der Waals surface area contributed by atoms with Crippen molar-refractivity contribution >= 4 is 43.5 Å². The number of amides is 1. The quantitative estimate of drug-likeness (QED) is 0.853. The van der Waals surface area contributed by atoms with Crippen molar-refractivity contribution in [3.8, 4) is 0 Å². The van der Waals surface area contributed by atoms with Crippen LogP contribution in [0.1, 0.15) is 10.4 Å². The molecule has 0 aromatic heterocycles. The van der Waals surface area contributed by atoms with Gasteiger partial charge in [0, 0.05) is 11.5 Å². The minimum absolute atomic E-state index is 0.0737. The number of halogens is 4. The summed E-state index contributed by atoms with van der Waals surface area (Å²) >= 11 is 8.78. The number of carbonyl (C=O) groups excluding carboxylic acids is 1. The molecule has 1 aromatic rings. The number of rotatable bonds is 4. The van der Waals surface area contributed by atoms with E-state index in [2.05, 4.69) is 15.9 Å². The Morgan fingerprint density at radius 1 is 1.50 bits per heavy atom. The first kappa shape index (κ1) is 17.3. The van der Waals surface area contributed by atoms with Gasteiger partial charge in [-0.15, -0.1) is 0 Å². The largest absolute Gasteiger partial charge is 0.336 e. The molecule has 0 aliphatic carbocycles. The Morgan fingerprint density at radius 3 is 2.50 bits per heavy atom. The number of hydrogen-bond donors (Lipinski definition) is 1. The van der Waals surface area contributed by atoms with Crippen molar-refractivity contribution in [3.05, 3.63) is 27.2 Å². The first-order valence-corrected chi connectivity index (χ1v) is 7.81. The van der Waals surface area contributed by atoms with Gasteiger partial charge in [0.05, 0.1) is 22.0 Å². The summed E-state index contributed by atoms with van der Waals surface area (Å²) in [5, 5.41) is 4.91. The molecule has 0 saturated carbocycles. The van der Waals surface area contributed by atoms with Crippen LogP contribution < -0.4 is 5.14 Å². The van der Waals surface area contributed by atoms with Crippen LogP contribution in [0.4, 0.5) is 8.78 Å². The molecular weight excluding hydrogens is 382 g/mol. The molecule has 0 saturated heterocycles. The number of benzene rings is 1. The maximum absolute atomic E-state index is 12.2. The predicted octanol–water partition coefficient (Wildman–Crippen LogP) is 2.09. The number of alkyl halides is 2. The third-order valence-electron chi connectivity index (χ3n) is 2.32. The second kappa shape index (κ2) is 6.33. The maximum Gasteiger partial charge on any atom is 0.255 e. The zero-order valence-electron chi connectivity index (χ0n) is 10.1. The molecule has 0 aliphatic heterocycles. The average molecular weight is 392 g/mol. The van der Waals surface area contributed by atoms with Crippen molar-refractivity contribution < 1.29 is 22.0 Å². The number of nitrogens with zero attached hydrogens (tertiary/aromatic N) is 1. The first-order chi connectivity index (χ1) is 9.04. The summed E-state index contributed by atoms with van der Waals surface area (Å²) in [6.07, 6.45) is -2.71. The lowest BCUT2D eigenvalue weighted by atomic mass is 10.2. The van der Waals surface area contributed by atoms with Gasteiger partial charge in [-0.1, -0.05) is 11.6 Å². The van der Waals surface area contributed by atoms with Crippen LogP contribution in [0.2, 0.25) is 5.02 Å². The molecule has 0 atom stereocenters. The lowest BCUT2D eigenvalue weighted by Crippen LogP contribution is -2.31. The van der Waals surface area contributed by atoms with Gasteiger partial charge in [-0.25, -0.2) is 22.3 Å². The third kappa shape index (κ3) is 4.11. The molecule has 1 amide bonds. The minimum atomic E-state index is -4.08. The lowest BCUT2D eigenvalue weighted by Gasteiger charge is -2.18. The van der Waals surface area contributed by atoms with Crippen LogP contribution >= 0.6 is 27.5 Å². The SMILES string of the molecule is CN(CC(F)F)C(=O)c1cc(S(N)(=O)=O)c(Br)cc1Cl. The minimum Gasteiger partial charge on any atom is -0.336 e. The monoisotopic (exact) mass is 390 g/mol. The molecular formula is C10H10BrClF2N2O3S. The van der Waals surface area contributed by atoms with Gasteiger partial charge in [0.25, 0.3) is 12.3 Å². The van der Waals surface area contributed by atoms with E-state index in [1.165, 1.54) is 6.07 Å². The van der Waals surface area contributed by atoms with Crippen LogP contribution in [0.5, 0.6) is 0 Å². The van der Waals surface area contributed by atoms with Crippen LogP contribution in [-0.2, 0) is 10.0 Å². The number of carbonyl (C=O) groups is 1. The van der Waals surface area contributed by atoms with Crippen molar-refractivity contribution in [2.75, 3.05) is 13.6 Å². The van der Waals surface area contributed by atoms with Crippen LogP contribution in [-0.4, -0.2) is 39.2 Å². The van der Waals surface area contributed by atoms with Crippen molar-refractivity contribution in [1.82, 2.24) is 4.90 Å². The molecule has 0 radical (unpaired) electrons. The van der Waals surface area contributed by atoms with Gasteiger partial charge < -0.3 is 4.90 Å². The van der Waals surface area contributed by atoms with Crippen LogP contribution in [0.3, 0.4) is 0 Å². The Morgan fingerprint density at radius 2 is 2.05 bits per heavy atom. The average Bonchev–Trinajstić information content (AvgIpc) is 2.25. The second-order valence-electron chi connectivity index (χ2n) is 3.88. The maximum atomic E-state index is 12.2. The molecule has 0 aliphatic rings. The molecule has 0 heterocycles. The van der Waals surface area contributed by atoms with Gasteiger partial charge in [-0.2, -0.15) is 0 Å². The number of hydrogen-bond acceptors (Lipinski definition) is 3. The van der Waals surface area contributed by atoms with Gasteiger partial charge in [-0.05, 0) is 28.1 Å². The van der Waals surface area contributed by atoms with Crippen LogP contribution in [0, 0.1) is 0 Å². The zero-order chi connectivity index (χ0) is 15.7. The van der Waals surface area contributed by atoms with Gasteiger partial charge >= 0.3 is 0 Å². The standard InChI is InChI=1S/C10H10BrClF2N2O3S/c1-16(4-9(13)14)10(17)5-2-8(20(15,18)19)6(11)3-7(5)12/h2-3,9H,4H2,1H3,(H2,15,18,19). The summed E-state index contributed by atoms with van der Waals surface area (Å²) in [6, 6.07) is 2.12. The van der Waals surface area contributed by atoms with E-state index in [4.69, 9.17) is 16.7 Å². The molecule has 2 N–H and O–H groups in total. The Bertz CT molecular complexity index is 640. The molecule has 10 heteroatoms. The Hall–Kier alpha value is -0.770. The second-order valence-corrected chi connectivity index (χ2v) is 6.68. The summed E-state index contributed by atoms with van der Waals surface area (Å²) in [6.45, 7) is -0.796. The van der Waals surface area contributed by atoms with Crippen molar-refractivity contribution in [1.29, 1.82) is 0 Å². The van der Waals surface area contributed by atoms with E-state index in [1.54, 1.807) is 0 Å². The van der Waals surface area contributed by atoms with E-state index in [0.29, 0.717) is 0 Å². The summed E-state index contributed by atoms with van der Waals surface area (Å²) in [7, 11) is -2.92. The summed E-state index contributed by atoms with van der Waals surface area (Å²) in [5.74, 6) is -0.826. The van der Waals surface area contributed by atoms with Crippen molar-refractivity contribution in [3.63, 3.8) is 0 Å². The first-order valence-electron chi connectivity index (χ1n) is 5.09. The van der Waals surface area contributed by atoms with Gasteiger partial charge in [0.1, 0.15) is 0 Å². The lowest BCUT2D eigenvalue weighted by molar-refractivity contribution is 0.0620. The highest BCUT2D eigenvalue weighted by atomic mass is 79.9. The third-order valence-corrected chi connectivity index (χ3v) is 4.50. The smallest absolute Gasteiger partial charge is 0.255 e. The zero-order valence-corrected chi connectivity index (χ0v) is 13.3. The fourth-order valence-corrected chi connectivity index (χ4v) is 3.42. The molecule has 0 bridgehead atoms. The number of sulfonamides is 1. The Labute approximate surface area is 127 Å². The van der Waals surface area contributed by atoms with Crippen LogP contribution in [0.25, 0.3) is 0 Å². The van der Waals surface area contributed by atoms with Gasteiger partial charge in [0.2, 0.25) is 10.0 Å². The molecule has 20 heavy (non-hydrogen) atoms. The molecule has 1 rings (SSSR count). The van der Waals surface area contributed by atoms with Crippen molar-refractivity contribution in [2.24, 2.45) is 5.14 Å². The van der Waals surface area contributed by atoms with E-state index in [1.807, 2.05) is 0 Å². The molecule has 112 valence electrons. The Balaban J connectivity index is 3.29. The summed E-state index contributed by atoms with van der Waals surface area (Å²) in [5.41, 5.74) is -0.220. The van der Waals surface area contributed by atoms with Crippen molar-refractivity contribution in [2.45, 2.75) is 11.3 Å². The van der Waals surface area contributed by atoms with E-state index < -0.39 is 28.9 Å². The fourth-order valence-electron chi connectivity index (χ4n) is 1.41. The van der Waals surface area contributed by atoms with Crippen LogP contribution in [0.15, 0.2) is 21.5 Å². The number of nitrogens with two attached hydrogens (primary N) is 1. The summed E-state index contributed by atoms with van der Waals surface area (Å²) < 4.78 is 47.3. The highest BCUT2D eigenvalue weighted by molar-refractivity contribution is 9.10. The van der Waals surface area contributed by atoms with E-state index >= 15 is 0 Å². The van der Waals surface area contributed by atoms with E-state index in [-0.39, 0.29) is 20.0 Å². The molecule has 0 fully saturated rings. The van der Waals surface area contributed by atoms with E-state index in [0.717, 1.165) is 18.0 Å². The highest BCUT2D eigenvalue weighted by Crippen LogP contribution is 2.29. The number of primary sulfonamides is 1. The fraction of sp³-hybridized carbons (Fsp3) is 0.300. The van der Waals surface area contributed by atoms with E-state index in [9.17, 15) is 22.0 Å².